The molecule has 2 aromatic carbocycles. The summed E-state index contributed by atoms with van der Waals surface area (Å²) >= 11 is 0. The number of ether oxygens (including phenoxy) is 2. The van der Waals surface area contributed by atoms with Gasteiger partial charge in [-0.1, -0.05) is 31.5 Å². The average molecular weight is 411 g/mol. The molecule has 30 heavy (non-hydrogen) atoms. The number of benzene rings is 2. The van der Waals surface area contributed by atoms with Crippen molar-refractivity contribution in [3.8, 4) is 11.5 Å². The molecule has 3 rings (SSSR count). The highest BCUT2D eigenvalue weighted by Crippen LogP contribution is 2.33. The molecule has 6 heteroatoms. The Morgan fingerprint density at radius 2 is 1.60 bits per heavy atom. The molecule has 2 amide bonds. The maximum Gasteiger partial charge on any atom is 0.251 e. The van der Waals surface area contributed by atoms with Crippen LogP contribution in [-0.4, -0.2) is 43.5 Å². The average Bonchev–Trinajstić information content (AvgIpc) is 2.75. The first kappa shape index (κ1) is 21.7. The van der Waals surface area contributed by atoms with Gasteiger partial charge in [0.1, 0.15) is 6.04 Å². The van der Waals surface area contributed by atoms with E-state index in [1.165, 1.54) is 0 Å². The fourth-order valence-electron chi connectivity index (χ4n) is 3.71. The molecule has 0 aliphatic carbocycles. The molecule has 0 saturated carbocycles. The fourth-order valence-corrected chi connectivity index (χ4v) is 3.71. The van der Waals surface area contributed by atoms with Gasteiger partial charge in [-0.2, -0.15) is 0 Å². The number of hydrogen-bond acceptors (Lipinski definition) is 4. The summed E-state index contributed by atoms with van der Waals surface area (Å²) < 4.78 is 10.8. The summed E-state index contributed by atoms with van der Waals surface area (Å²) in [6.07, 6.45) is 0.734. The van der Waals surface area contributed by atoms with E-state index >= 15 is 0 Å². The Balaban J connectivity index is 1.76. The van der Waals surface area contributed by atoms with Crippen molar-refractivity contribution in [3.63, 3.8) is 0 Å². The smallest absolute Gasteiger partial charge is 0.251 e. The quantitative estimate of drug-likeness (QED) is 0.793. The topological polar surface area (TPSA) is 67.9 Å². The number of aryl methyl sites for hydroxylation is 1. The second-order valence-corrected chi connectivity index (χ2v) is 8.05. The van der Waals surface area contributed by atoms with Crippen molar-refractivity contribution in [2.45, 2.75) is 39.8 Å². The first-order chi connectivity index (χ1) is 14.3. The van der Waals surface area contributed by atoms with E-state index in [4.69, 9.17) is 9.47 Å². The van der Waals surface area contributed by atoms with Crippen LogP contribution in [0.1, 0.15) is 40.9 Å². The summed E-state index contributed by atoms with van der Waals surface area (Å²) in [6.45, 7) is 6.96. The molecule has 0 bridgehead atoms. The monoisotopic (exact) mass is 410 g/mol. The van der Waals surface area contributed by atoms with E-state index in [1.54, 1.807) is 26.4 Å². The number of amides is 2. The van der Waals surface area contributed by atoms with Crippen LogP contribution < -0.4 is 14.8 Å². The summed E-state index contributed by atoms with van der Waals surface area (Å²) in [7, 11) is 3.22. The molecule has 160 valence electrons. The molecule has 2 aromatic rings. The van der Waals surface area contributed by atoms with Gasteiger partial charge in [0.15, 0.2) is 11.5 Å². The lowest BCUT2D eigenvalue weighted by atomic mass is 9.96. The molecule has 6 nitrogen and oxygen atoms in total. The van der Waals surface area contributed by atoms with Gasteiger partial charge in [0, 0.05) is 18.7 Å². The van der Waals surface area contributed by atoms with Gasteiger partial charge in [0.2, 0.25) is 5.91 Å². The minimum absolute atomic E-state index is 0.0290. The van der Waals surface area contributed by atoms with Crippen LogP contribution in [0.2, 0.25) is 0 Å². The third kappa shape index (κ3) is 4.58. The van der Waals surface area contributed by atoms with Crippen LogP contribution in [0.3, 0.4) is 0 Å². The summed E-state index contributed by atoms with van der Waals surface area (Å²) in [5.41, 5.74) is 3.84. The van der Waals surface area contributed by atoms with E-state index in [1.807, 2.05) is 49.9 Å². The number of carbonyl (C=O) groups is 2. The SMILES string of the molecule is COc1cc2c(cc1OC)CN(C(=O)C(NC(=O)c1ccc(C)cc1)C(C)C)CC2. The Morgan fingerprint density at radius 3 is 2.17 bits per heavy atom. The van der Waals surface area contributed by atoms with E-state index in [0.29, 0.717) is 30.2 Å². The van der Waals surface area contributed by atoms with Crippen molar-refractivity contribution in [1.29, 1.82) is 0 Å². The minimum atomic E-state index is -0.583. The van der Waals surface area contributed by atoms with Gasteiger partial charge in [-0.15, -0.1) is 0 Å². The molecule has 1 unspecified atom stereocenters. The van der Waals surface area contributed by atoms with E-state index in [0.717, 1.165) is 23.1 Å². The second kappa shape index (κ2) is 9.20. The van der Waals surface area contributed by atoms with Crippen LogP contribution in [0.25, 0.3) is 0 Å². The molecule has 0 saturated heterocycles. The minimum Gasteiger partial charge on any atom is -0.493 e. The number of rotatable bonds is 6. The highest BCUT2D eigenvalue weighted by molar-refractivity contribution is 5.97. The third-order valence-electron chi connectivity index (χ3n) is 5.56. The maximum absolute atomic E-state index is 13.3. The summed E-state index contributed by atoms with van der Waals surface area (Å²) in [5.74, 6) is 1.02. The molecule has 0 fully saturated rings. The highest BCUT2D eigenvalue weighted by atomic mass is 16.5. The predicted molar refractivity (Wildman–Crippen MR) is 116 cm³/mol. The molecule has 1 aliphatic rings. The molecular weight excluding hydrogens is 380 g/mol. The Morgan fingerprint density at radius 1 is 1.00 bits per heavy atom. The highest BCUT2D eigenvalue weighted by Gasteiger charge is 2.31. The van der Waals surface area contributed by atoms with E-state index in [2.05, 4.69) is 5.32 Å². The van der Waals surface area contributed by atoms with Gasteiger partial charge in [-0.05, 0) is 54.7 Å². The van der Waals surface area contributed by atoms with Gasteiger partial charge in [0.25, 0.3) is 5.91 Å². The lowest BCUT2D eigenvalue weighted by molar-refractivity contribution is -0.135. The first-order valence-corrected chi connectivity index (χ1v) is 10.2. The third-order valence-corrected chi connectivity index (χ3v) is 5.56. The zero-order valence-electron chi connectivity index (χ0n) is 18.3. The van der Waals surface area contributed by atoms with E-state index in [-0.39, 0.29) is 17.7 Å². The van der Waals surface area contributed by atoms with Gasteiger partial charge >= 0.3 is 0 Å². The zero-order chi connectivity index (χ0) is 21.8. The molecule has 1 N–H and O–H groups in total. The summed E-state index contributed by atoms with van der Waals surface area (Å²) in [6, 6.07) is 10.7. The Bertz CT molecular complexity index is 922. The Labute approximate surface area is 178 Å². The summed E-state index contributed by atoms with van der Waals surface area (Å²) in [5, 5.41) is 2.94. The Kier molecular flexibility index (Phi) is 6.65. The molecule has 0 spiro atoms. The molecule has 1 atom stereocenters. The largest absolute Gasteiger partial charge is 0.493 e. The Hall–Kier alpha value is -3.02. The first-order valence-electron chi connectivity index (χ1n) is 10.2. The van der Waals surface area contributed by atoms with Gasteiger partial charge in [-0.3, -0.25) is 9.59 Å². The van der Waals surface area contributed by atoms with Gasteiger partial charge in [-0.25, -0.2) is 0 Å². The number of nitrogens with zero attached hydrogens (tertiary/aromatic N) is 1. The lowest BCUT2D eigenvalue weighted by Crippen LogP contribution is -2.52. The molecule has 0 aromatic heterocycles. The maximum atomic E-state index is 13.3. The molecule has 1 aliphatic heterocycles. The van der Waals surface area contributed by atoms with Crippen molar-refractivity contribution in [3.05, 3.63) is 58.7 Å². The molecule has 1 heterocycles. The number of methoxy groups -OCH3 is 2. The fraction of sp³-hybridized carbons (Fsp3) is 0.417. The van der Waals surface area contributed by atoms with E-state index in [9.17, 15) is 9.59 Å². The van der Waals surface area contributed by atoms with Crippen LogP contribution in [-0.2, 0) is 17.8 Å². The van der Waals surface area contributed by atoms with Gasteiger partial charge < -0.3 is 19.7 Å². The lowest BCUT2D eigenvalue weighted by Gasteiger charge is -2.33. The van der Waals surface area contributed by atoms with Crippen molar-refractivity contribution >= 4 is 11.8 Å². The molecule has 0 radical (unpaired) electrons. The van der Waals surface area contributed by atoms with Gasteiger partial charge in [0.05, 0.1) is 14.2 Å². The second-order valence-electron chi connectivity index (χ2n) is 8.05. The van der Waals surface area contributed by atoms with Crippen molar-refractivity contribution in [1.82, 2.24) is 10.2 Å². The van der Waals surface area contributed by atoms with Crippen molar-refractivity contribution < 1.29 is 19.1 Å². The van der Waals surface area contributed by atoms with Crippen LogP contribution in [0.15, 0.2) is 36.4 Å². The number of fused-ring (bicyclic) bond motifs is 1. The predicted octanol–water partition coefficient (Wildman–Crippen LogP) is 3.35. The zero-order valence-corrected chi connectivity index (χ0v) is 18.3. The van der Waals surface area contributed by atoms with Crippen LogP contribution in [0.5, 0.6) is 11.5 Å². The normalized spacial score (nSPS) is 14.1. The van der Waals surface area contributed by atoms with Crippen LogP contribution in [0.4, 0.5) is 0 Å². The summed E-state index contributed by atoms with van der Waals surface area (Å²) in [4.78, 5) is 27.8. The van der Waals surface area contributed by atoms with Crippen LogP contribution >= 0.6 is 0 Å². The van der Waals surface area contributed by atoms with Crippen molar-refractivity contribution in [2.75, 3.05) is 20.8 Å². The molecular formula is C24H30N2O4. The standard InChI is InChI=1S/C24H30N2O4/c1-15(2)22(25-23(27)17-8-6-16(3)7-9-17)24(28)26-11-10-18-12-20(29-4)21(30-5)13-19(18)14-26/h6-9,12-13,15,22H,10-11,14H2,1-5H3,(H,25,27). The number of carbonyl (C=O) groups excluding carboxylic acids is 2. The number of nitrogens with one attached hydrogen (secondary N) is 1. The van der Waals surface area contributed by atoms with E-state index < -0.39 is 6.04 Å². The van der Waals surface area contributed by atoms with Crippen molar-refractivity contribution in [2.24, 2.45) is 5.92 Å². The number of hydrogen-bond donors (Lipinski definition) is 1. The van der Waals surface area contributed by atoms with Crippen LogP contribution in [0, 0.1) is 12.8 Å².